The van der Waals surface area contributed by atoms with Gasteiger partial charge in [-0.15, -0.1) is 0 Å². The fourth-order valence-corrected chi connectivity index (χ4v) is 0. The van der Waals surface area contributed by atoms with Gasteiger partial charge in [-0.05, 0) is 0 Å². The molecule has 0 amide bonds. The maximum Gasteiger partial charge on any atom is 0.0307 e. The zero-order valence-corrected chi connectivity index (χ0v) is 6.34. The summed E-state index contributed by atoms with van der Waals surface area (Å²) in [4.78, 5) is 0. The first-order valence-electron chi connectivity index (χ1n) is 0.406. The summed E-state index contributed by atoms with van der Waals surface area (Å²) in [7, 11) is -0.583. The monoisotopic (exact) mass is 242 g/mol. The molecular formula is HHfNOP-. The summed E-state index contributed by atoms with van der Waals surface area (Å²) in [5, 5.41) is 0. The van der Waals surface area contributed by atoms with E-state index >= 15 is 0 Å². The summed E-state index contributed by atoms with van der Waals surface area (Å²) in [6.45, 7) is 0. The minimum Gasteiger partial charge on any atom is -0.590 e. The maximum atomic E-state index is 8.57. The Hall–Kier alpha value is 0.930. The Labute approximate surface area is 44.8 Å². The van der Waals surface area contributed by atoms with Gasteiger partial charge in [0.05, 0.1) is 0 Å². The van der Waals surface area contributed by atoms with E-state index in [9.17, 15) is 0 Å². The number of rotatable bonds is 0. The average Bonchev–Trinajstić information content (AvgIpc) is 0.918. The summed E-state index contributed by atoms with van der Waals surface area (Å²) in [5.41, 5.74) is 5.62. The fraction of sp³-hybridized carbons (Fsp3) is 0. The van der Waals surface area contributed by atoms with Crippen LogP contribution in [0.15, 0.2) is 0 Å². The van der Waals surface area contributed by atoms with Gasteiger partial charge in [0.15, 0.2) is 0 Å². The molecule has 22 valence electrons. The van der Waals surface area contributed by atoms with Gasteiger partial charge in [0.1, 0.15) is 0 Å². The molecule has 4 heavy (non-hydrogen) atoms. The summed E-state index contributed by atoms with van der Waals surface area (Å²) < 4.78 is 8.57. The summed E-state index contributed by atoms with van der Waals surface area (Å²) in [6.07, 6.45) is 0. The second kappa shape index (κ2) is 9.06. The van der Waals surface area contributed by atoms with Crippen molar-refractivity contribution in [1.82, 2.24) is 0 Å². The van der Waals surface area contributed by atoms with Gasteiger partial charge < -0.3 is 5.50 Å². The van der Waals surface area contributed by atoms with Gasteiger partial charge >= 0.3 is 0 Å². The van der Waals surface area contributed by atoms with Crippen molar-refractivity contribution >= 4 is 8.61 Å². The molecule has 0 aliphatic carbocycles. The molecule has 0 atom stereocenters. The fourth-order valence-electron chi connectivity index (χ4n) is 0. The smallest absolute Gasteiger partial charge is 0.0307 e. The second-order valence-corrected chi connectivity index (χ2v) is 0.274. The molecule has 0 heterocycles. The van der Waals surface area contributed by atoms with Gasteiger partial charge in [0.25, 0.3) is 0 Å². The molecule has 0 bridgehead atoms. The van der Waals surface area contributed by atoms with Crippen molar-refractivity contribution in [3.05, 3.63) is 5.50 Å². The van der Waals surface area contributed by atoms with E-state index in [1.165, 1.54) is 0 Å². The van der Waals surface area contributed by atoms with E-state index in [1.807, 2.05) is 0 Å². The van der Waals surface area contributed by atoms with E-state index in [0.717, 1.165) is 0 Å². The Morgan fingerprint density at radius 3 is 1.75 bits per heavy atom. The second-order valence-electron chi connectivity index (χ2n) is 0.0913. The van der Waals surface area contributed by atoms with Crippen LogP contribution in [0.5, 0.6) is 0 Å². The molecule has 0 aliphatic heterocycles. The van der Waals surface area contributed by atoms with Crippen LogP contribution in [0.2, 0.25) is 0 Å². The Morgan fingerprint density at radius 2 is 1.75 bits per heavy atom. The largest absolute Gasteiger partial charge is 0.590 e. The molecule has 0 aromatic carbocycles. The zero-order valence-electron chi connectivity index (χ0n) is 1.86. The molecule has 0 spiro atoms. The van der Waals surface area contributed by atoms with Crippen molar-refractivity contribution < 1.29 is 30.4 Å². The van der Waals surface area contributed by atoms with Crippen LogP contribution in [0.1, 0.15) is 0 Å². The molecule has 1 N–H and O–H groups in total. The van der Waals surface area contributed by atoms with Gasteiger partial charge in [-0.3, -0.25) is 4.57 Å². The summed E-state index contributed by atoms with van der Waals surface area (Å²) >= 11 is 0. The number of hydrogen-bond acceptors (Lipinski definition) is 1. The standard InChI is InChI=1S/Hf.HNOP/c;1-3-2/h;(H-,1,2)/q;-1. The third-order valence-corrected chi connectivity index (χ3v) is 0. The number of hydrogen-bond donors (Lipinski definition) is 0. The Bertz CT molecular complexity index is 15.5. The van der Waals surface area contributed by atoms with Crippen LogP contribution in [0.3, 0.4) is 0 Å². The first-order chi connectivity index (χ1) is 1.41. The van der Waals surface area contributed by atoms with Gasteiger partial charge in [-0.1, -0.05) is 0 Å². The minimum atomic E-state index is -0.583. The molecule has 2 nitrogen and oxygen atoms in total. The first kappa shape index (κ1) is 8.87. The zero-order chi connectivity index (χ0) is 2.71. The van der Waals surface area contributed by atoms with E-state index in [2.05, 4.69) is 0 Å². The summed E-state index contributed by atoms with van der Waals surface area (Å²) in [6, 6.07) is 0. The molecule has 4 heteroatoms. The average molecular weight is 240 g/mol. The number of nitrogens with one attached hydrogen (secondary N) is 1. The van der Waals surface area contributed by atoms with E-state index < -0.39 is 8.61 Å². The Morgan fingerprint density at radius 1 is 1.75 bits per heavy atom. The van der Waals surface area contributed by atoms with Gasteiger partial charge in [-0.25, -0.2) is 0 Å². The molecule has 0 saturated heterocycles. The topological polar surface area (TPSA) is 40.9 Å². The maximum absolute atomic E-state index is 8.57. The van der Waals surface area contributed by atoms with Crippen LogP contribution in [-0.2, 0) is 30.4 Å². The molecule has 0 fully saturated rings. The van der Waals surface area contributed by atoms with E-state index in [0.29, 0.717) is 0 Å². The quantitative estimate of drug-likeness (QED) is 0.464. The van der Waals surface area contributed by atoms with Gasteiger partial charge in [0.2, 0.25) is 0 Å². The van der Waals surface area contributed by atoms with E-state index in [4.69, 9.17) is 10.1 Å². The molecule has 0 aromatic heterocycles. The van der Waals surface area contributed by atoms with Crippen LogP contribution in [0, 0.1) is 0 Å². The predicted octanol–water partition coefficient (Wildman–Crippen LogP) is 1.24. The van der Waals surface area contributed by atoms with Crippen LogP contribution < -0.4 is 0 Å². The molecule has 0 aliphatic rings. The predicted molar refractivity (Wildman–Crippen MR) is 11.9 cm³/mol. The molecule has 0 unspecified atom stereocenters. The molecule has 0 radical (unpaired) electrons. The third-order valence-electron chi connectivity index (χ3n) is 0. The van der Waals surface area contributed by atoms with E-state index in [1.54, 1.807) is 0 Å². The van der Waals surface area contributed by atoms with Crippen molar-refractivity contribution in [3.8, 4) is 0 Å². The first-order valence-corrected chi connectivity index (χ1v) is 1.22. The van der Waals surface area contributed by atoms with Gasteiger partial charge in [-0.2, -0.15) is 0 Å². The van der Waals surface area contributed by atoms with Crippen molar-refractivity contribution in [2.45, 2.75) is 0 Å². The normalized spacial score (nSPS) is 5.25. The minimum absolute atomic E-state index is 0. The SMILES string of the molecule is [Hf].[NH-]P=O. The van der Waals surface area contributed by atoms with Crippen LogP contribution >= 0.6 is 8.61 Å². The molecule has 0 saturated carbocycles. The van der Waals surface area contributed by atoms with E-state index in [-0.39, 0.29) is 25.8 Å². The Balaban J connectivity index is 0. The van der Waals surface area contributed by atoms with Crippen LogP contribution in [-0.4, -0.2) is 0 Å². The molecule has 0 rings (SSSR count). The third kappa shape index (κ3) is 12.6. The van der Waals surface area contributed by atoms with Gasteiger partial charge in [0, 0.05) is 34.5 Å². The van der Waals surface area contributed by atoms with Crippen molar-refractivity contribution in [1.29, 1.82) is 0 Å². The van der Waals surface area contributed by atoms with Crippen molar-refractivity contribution in [2.24, 2.45) is 0 Å². The summed E-state index contributed by atoms with van der Waals surface area (Å²) in [5.74, 6) is 0. The molecule has 0 aromatic rings. The van der Waals surface area contributed by atoms with Crippen LogP contribution in [0.25, 0.3) is 5.50 Å². The van der Waals surface area contributed by atoms with Crippen LogP contribution in [0.4, 0.5) is 0 Å². The van der Waals surface area contributed by atoms with Crippen molar-refractivity contribution in [3.63, 3.8) is 0 Å². The Kier molecular flexibility index (Phi) is 20.1. The van der Waals surface area contributed by atoms with Crippen molar-refractivity contribution in [2.75, 3.05) is 0 Å². The molecular weight excluding hydrogens is 239 g/mol.